The van der Waals surface area contributed by atoms with Crippen LogP contribution in [0.3, 0.4) is 0 Å². The van der Waals surface area contributed by atoms with Gasteiger partial charge in [0.05, 0.1) is 5.69 Å². The van der Waals surface area contributed by atoms with Gasteiger partial charge in [0.1, 0.15) is 0 Å². The Morgan fingerprint density at radius 2 is 1.57 bits per heavy atom. The molecule has 2 aliphatic carbocycles. The van der Waals surface area contributed by atoms with Gasteiger partial charge >= 0.3 is 0 Å². The summed E-state index contributed by atoms with van der Waals surface area (Å²) in [6.45, 7) is 3.01. The van der Waals surface area contributed by atoms with Crippen LogP contribution in [0.2, 0.25) is 0 Å². The van der Waals surface area contributed by atoms with Crippen molar-refractivity contribution in [1.29, 1.82) is 0 Å². The molecular weight excluding hydrogens is 346 g/mol. The SMILES string of the molecule is O=C(CCCN1Cc2ccccc2C1)Nc1c2c(nc3c1CCC3)CCCC2. The van der Waals surface area contributed by atoms with Crippen molar-refractivity contribution in [3.8, 4) is 0 Å². The molecule has 0 bridgehead atoms. The normalized spacial score (nSPS) is 17.9. The van der Waals surface area contributed by atoms with E-state index in [4.69, 9.17) is 4.98 Å². The third-order valence-electron chi connectivity index (χ3n) is 6.55. The molecule has 1 aromatic carbocycles. The predicted molar refractivity (Wildman–Crippen MR) is 111 cm³/mol. The van der Waals surface area contributed by atoms with Gasteiger partial charge in [0, 0.05) is 30.9 Å². The second kappa shape index (κ2) is 7.67. The third kappa shape index (κ3) is 3.46. The predicted octanol–water partition coefficient (Wildman–Crippen LogP) is 4.18. The first-order chi connectivity index (χ1) is 13.8. The molecule has 0 fully saturated rings. The van der Waals surface area contributed by atoms with Crippen LogP contribution < -0.4 is 5.32 Å². The van der Waals surface area contributed by atoms with E-state index in [0.717, 1.165) is 57.4 Å². The number of amides is 1. The Bertz CT molecular complexity index is 880. The highest BCUT2D eigenvalue weighted by atomic mass is 16.1. The van der Waals surface area contributed by atoms with Crippen LogP contribution in [0.15, 0.2) is 24.3 Å². The Morgan fingerprint density at radius 1 is 0.929 bits per heavy atom. The lowest BCUT2D eigenvalue weighted by Crippen LogP contribution is -2.21. The summed E-state index contributed by atoms with van der Waals surface area (Å²) in [5.41, 5.74) is 9.15. The van der Waals surface area contributed by atoms with Gasteiger partial charge in [-0.15, -0.1) is 0 Å². The standard InChI is InChI=1S/C24H29N3O/c28-23(13-6-14-27-15-17-7-1-2-8-18(17)16-27)26-24-19-9-3-4-11-21(19)25-22-12-5-10-20(22)24/h1-2,7-8H,3-6,9-16H2,(H,25,26,28). The van der Waals surface area contributed by atoms with Crippen LogP contribution in [0.4, 0.5) is 5.69 Å². The molecule has 5 rings (SSSR count). The van der Waals surface area contributed by atoms with E-state index < -0.39 is 0 Å². The van der Waals surface area contributed by atoms with Gasteiger partial charge in [-0.1, -0.05) is 24.3 Å². The molecule has 3 aliphatic rings. The maximum Gasteiger partial charge on any atom is 0.224 e. The van der Waals surface area contributed by atoms with Crippen LogP contribution in [0.25, 0.3) is 0 Å². The summed E-state index contributed by atoms with van der Waals surface area (Å²) in [5.74, 6) is 0.171. The van der Waals surface area contributed by atoms with Crippen LogP contribution in [-0.4, -0.2) is 22.3 Å². The van der Waals surface area contributed by atoms with Gasteiger partial charge in [0.2, 0.25) is 5.91 Å². The smallest absolute Gasteiger partial charge is 0.224 e. The fourth-order valence-electron chi connectivity index (χ4n) is 5.13. The van der Waals surface area contributed by atoms with Crippen molar-refractivity contribution >= 4 is 11.6 Å². The average Bonchev–Trinajstić information content (AvgIpc) is 3.34. The first kappa shape index (κ1) is 17.9. The number of fused-ring (bicyclic) bond motifs is 3. The molecule has 0 unspecified atom stereocenters. The highest BCUT2D eigenvalue weighted by Crippen LogP contribution is 2.36. The first-order valence-electron chi connectivity index (χ1n) is 10.9. The molecule has 4 nitrogen and oxygen atoms in total. The molecule has 2 heterocycles. The molecule has 1 aromatic heterocycles. The number of aryl methyl sites for hydroxylation is 2. The van der Waals surface area contributed by atoms with E-state index in [-0.39, 0.29) is 5.91 Å². The minimum Gasteiger partial charge on any atom is -0.325 e. The zero-order chi connectivity index (χ0) is 18.9. The largest absolute Gasteiger partial charge is 0.325 e. The van der Waals surface area contributed by atoms with E-state index in [1.54, 1.807) is 0 Å². The highest BCUT2D eigenvalue weighted by Gasteiger charge is 2.25. The number of rotatable bonds is 5. The van der Waals surface area contributed by atoms with Crippen molar-refractivity contribution in [2.24, 2.45) is 0 Å². The molecule has 146 valence electrons. The van der Waals surface area contributed by atoms with Crippen LogP contribution in [0, 0.1) is 0 Å². The molecule has 4 heteroatoms. The lowest BCUT2D eigenvalue weighted by atomic mass is 9.92. The molecular formula is C24H29N3O. The molecule has 0 radical (unpaired) electrons. The van der Waals surface area contributed by atoms with Gasteiger partial charge in [-0.25, -0.2) is 0 Å². The highest BCUT2D eigenvalue weighted by molar-refractivity contribution is 5.93. The topological polar surface area (TPSA) is 45.2 Å². The summed E-state index contributed by atoms with van der Waals surface area (Å²) >= 11 is 0. The molecule has 2 aromatic rings. The second-order valence-electron chi connectivity index (χ2n) is 8.53. The molecule has 0 atom stereocenters. The Labute approximate surface area is 167 Å². The van der Waals surface area contributed by atoms with Crippen molar-refractivity contribution in [3.63, 3.8) is 0 Å². The monoisotopic (exact) mass is 375 g/mol. The number of pyridine rings is 1. The second-order valence-corrected chi connectivity index (χ2v) is 8.53. The number of hydrogen-bond donors (Lipinski definition) is 1. The number of carbonyl (C=O) groups is 1. The fourth-order valence-corrected chi connectivity index (χ4v) is 5.13. The number of nitrogens with one attached hydrogen (secondary N) is 1. The van der Waals surface area contributed by atoms with Crippen LogP contribution in [0.5, 0.6) is 0 Å². The van der Waals surface area contributed by atoms with Crippen molar-refractivity contribution in [1.82, 2.24) is 9.88 Å². The third-order valence-corrected chi connectivity index (χ3v) is 6.55. The van der Waals surface area contributed by atoms with Gasteiger partial charge < -0.3 is 5.32 Å². The lowest BCUT2D eigenvalue weighted by molar-refractivity contribution is -0.116. The first-order valence-corrected chi connectivity index (χ1v) is 10.9. The number of anilines is 1. The fraction of sp³-hybridized carbons (Fsp3) is 0.500. The Kier molecular flexibility index (Phi) is 4.89. The van der Waals surface area contributed by atoms with Crippen molar-refractivity contribution in [2.45, 2.75) is 70.9 Å². The molecule has 1 N–H and O–H groups in total. The number of hydrogen-bond acceptors (Lipinski definition) is 3. The minimum absolute atomic E-state index is 0.171. The Morgan fingerprint density at radius 3 is 2.32 bits per heavy atom. The van der Waals surface area contributed by atoms with Crippen LogP contribution >= 0.6 is 0 Å². The van der Waals surface area contributed by atoms with E-state index in [1.807, 2.05) is 0 Å². The van der Waals surface area contributed by atoms with Crippen molar-refractivity contribution in [2.75, 3.05) is 11.9 Å². The van der Waals surface area contributed by atoms with Gasteiger partial charge in [-0.05, 0) is 80.2 Å². The summed E-state index contributed by atoms with van der Waals surface area (Å²) in [4.78, 5) is 20.1. The summed E-state index contributed by atoms with van der Waals surface area (Å²) in [5, 5.41) is 3.32. The number of benzene rings is 1. The molecule has 0 saturated carbocycles. The minimum atomic E-state index is 0.171. The maximum atomic E-state index is 12.7. The summed E-state index contributed by atoms with van der Waals surface area (Å²) in [6, 6.07) is 8.66. The van der Waals surface area contributed by atoms with Gasteiger partial charge in [0.15, 0.2) is 0 Å². The van der Waals surface area contributed by atoms with E-state index in [2.05, 4.69) is 34.5 Å². The van der Waals surface area contributed by atoms with E-state index in [9.17, 15) is 4.79 Å². The summed E-state index contributed by atoms with van der Waals surface area (Å²) in [7, 11) is 0. The van der Waals surface area contributed by atoms with E-state index in [1.165, 1.54) is 52.9 Å². The maximum absolute atomic E-state index is 12.7. The van der Waals surface area contributed by atoms with Crippen molar-refractivity contribution in [3.05, 3.63) is 57.9 Å². The molecule has 0 spiro atoms. The summed E-state index contributed by atoms with van der Waals surface area (Å²) < 4.78 is 0. The molecule has 28 heavy (non-hydrogen) atoms. The van der Waals surface area contributed by atoms with Crippen LogP contribution in [-0.2, 0) is 43.6 Å². The van der Waals surface area contributed by atoms with E-state index in [0.29, 0.717) is 6.42 Å². The van der Waals surface area contributed by atoms with Gasteiger partial charge in [0.25, 0.3) is 0 Å². The lowest BCUT2D eigenvalue weighted by Gasteiger charge is -2.22. The molecule has 1 amide bonds. The van der Waals surface area contributed by atoms with Gasteiger partial charge in [-0.3, -0.25) is 14.7 Å². The van der Waals surface area contributed by atoms with Crippen LogP contribution in [0.1, 0.15) is 65.7 Å². The Hall–Kier alpha value is -2.20. The number of aromatic nitrogens is 1. The molecule has 0 saturated heterocycles. The van der Waals surface area contributed by atoms with E-state index >= 15 is 0 Å². The van der Waals surface area contributed by atoms with Gasteiger partial charge in [-0.2, -0.15) is 0 Å². The summed E-state index contributed by atoms with van der Waals surface area (Å²) in [6.07, 6.45) is 9.39. The number of carbonyl (C=O) groups excluding carboxylic acids is 1. The number of nitrogens with zero attached hydrogens (tertiary/aromatic N) is 2. The zero-order valence-corrected chi connectivity index (χ0v) is 16.6. The average molecular weight is 376 g/mol. The van der Waals surface area contributed by atoms with Crippen molar-refractivity contribution < 1.29 is 4.79 Å². The Balaban J connectivity index is 1.21. The quantitative estimate of drug-likeness (QED) is 0.852. The molecule has 1 aliphatic heterocycles. The zero-order valence-electron chi connectivity index (χ0n) is 16.6.